The molecule has 0 saturated heterocycles. The molecule has 0 aromatic heterocycles. The van der Waals surface area contributed by atoms with Crippen LogP contribution in [0.3, 0.4) is 0 Å². The van der Waals surface area contributed by atoms with Crippen molar-refractivity contribution in [3.8, 4) is 12.1 Å². The highest BCUT2D eigenvalue weighted by Crippen LogP contribution is 2.56. The van der Waals surface area contributed by atoms with E-state index in [9.17, 15) is 40.4 Å². The maximum Gasteiger partial charge on any atom is 0.185 e. The van der Waals surface area contributed by atoms with Gasteiger partial charge in [-0.25, -0.2) is 43.9 Å². The largest absolute Gasteiger partial charge is 0.398 e. The van der Waals surface area contributed by atoms with Crippen LogP contribution in [0, 0.1) is 94.7 Å². The molecule has 1 aliphatic rings. The van der Waals surface area contributed by atoms with Crippen LogP contribution in [0.15, 0.2) is 16.7 Å². The Morgan fingerprint density at radius 1 is 0.500 bits per heavy atom. The fraction of sp³-hybridized carbons (Fsp3) is 0.0714. The number of nitriles is 2. The first-order valence-corrected chi connectivity index (χ1v) is 11.7. The molecule has 3 aromatic rings. The van der Waals surface area contributed by atoms with E-state index in [2.05, 4.69) is 0 Å². The second-order valence-corrected chi connectivity index (χ2v) is 9.27. The Morgan fingerprint density at radius 3 is 1.34 bits per heavy atom. The fourth-order valence-corrected chi connectivity index (χ4v) is 4.64. The van der Waals surface area contributed by atoms with Gasteiger partial charge in [0.25, 0.3) is 0 Å². The number of rotatable bonds is 3. The first-order valence-electron chi connectivity index (χ1n) is 11.7. The van der Waals surface area contributed by atoms with Crippen molar-refractivity contribution in [3.05, 3.63) is 108 Å². The van der Waals surface area contributed by atoms with E-state index in [0.29, 0.717) is 0 Å². The highest BCUT2D eigenvalue weighted by Gasteiger charge is 2.44. The Labute approximate surface area is 240 Å². The van der Waals surface area contributed by atoms with Crippen LogP contribution in [-0.4, -0.2) is 0 Å². The molecule has 1 aliphatic carbocycles. The van der Waals surface area contributed by atoms with Crippen molar-refractivity contribution in [2.45, 2.75) is 13.8 Å². The summed E-state index contributed by atoms with van der Waals surface area (Å²) in [5.74, 6) is -19.5. The van der Waals surface area contributed by atoms with Crippen molar-refractivity contribution in [1.82, 2.24) is 0 Å². The summed E-state index contributed by atoms with van der Waals surface area (Å²) in [7, 11) is 0. The Hall–Kier alpha value is -5.64. The lowest BCUT2D eigenvalue weighted by molar-refractivity contribution is 0.456. The molecule has 0 unspecified atom stereocenters. The van der Waals surface area contributed by atoms with E-state index < -0.39 is 137 Å². The van der Waals surface area contributed by atoms with Crippen molar-refractivity contribution < 1.29 is 43.9 Å². The summed E-state index contributed by atoms with van der Waals surface area (Å²) in [6.07, 6.45) is 0. The van der Waals surface area contributed by atoms with Crippen LogP contribution in [0.1, 0.15) is 33.4 Å². The normalized spacial score (nSPS) is 16.0. The molecule has 4 rings (SSSR count). The van der Waals surface area contributed by atoms with Gasteiger partial charge in [0.15, 0.2) is 52.4 Å². The van der Waals surface area contributed by atoms with Gasteiger partial charge in [-0.1, -0.05) is 0 Å². The molecule has 6 nitrogen and oxygen atoms in total. The molecule has 0 spiro atoms. The smallest absolute Gasteiger partial charge is 0.185 e. The highest BCUT2D eigenvalue weighted by atomic mass is 19.2. The number of halogens is 10. The quantitative estimate of drug-likeness (QED) is 0.126. The standard InChI is InChI=1S/C28H14F10N6/c1-5-9(18(32)22(36)27(43)16(5)30)7(3-39)11-12(25(41)10-6(2)15(29)8(4-40)17(31)19(10)33)13(11)26(42)14-20(34)23(37)28(44)24(38)21(14)35/h41-44H2,1-2H3. The zero-order chi connectivity index (χ0) is 33.3. The molecule has 1 saturated carbocycles. The van der Waals surface area contributed by atoms with E-state index in [-0.39, 0.29) is 0 Å². The number of nitrogens with two attached hydrogens (primary N) is 4. The van der Waals surface area contributed by atoms with Crippen LogP contribution in [0.25, 0.3) is 17.0 Å². The van der Waals surface area contributed by atoms with E-state index >= 15 is 8.78 Å². The van der Waals surface area contributed by atoms with Gasteiger partial charge in [0, 0.05) is 27.8 Å². The summed E-state index contributed by atoms with van der Waals surface area (Å²) in [6, 6.07) is 2.49. The summed E-state index contributed by atoms with van der Waals surface area (Å²) in [5.41, 5.74) is 6.45. The van der Waals surface area contributed by atoms with Gasteiger partial charge < -0.3 is 22.9 Å². The molecule has 3 aromatic carbocycles. The van der Waals surface area contributed by atoms with Gasteiger partial charge in [-0.15, -0.1) is 0 Å². The highest BCUT2D eigenvalue weighted by molar-refractivity contribution is 6.08. The van der Waals surface area contributed by atoms with Crippen molar-refractivity contribution in [1.29, 1.82) is 10.5 Å². The van der Waals surface area contributed by atoms with Gasteiger partial charge in [0.1, 0.15) is 34.9 Å². The Bertz CT molecular complexity index is 1960. The number of allylic oxidation sites excluding steroid dienone is 4. The Balaban J connectivity index is 2.27. The number of anilines is 2. The lowest BCUT2D eigenvalue weighted by atomic mass is 9.97. The molecule has 44 heavy (non-hydrogen) atoms. The predicted molar refractivity (Wildman–Crippen MR) is 137 cm³/mol. The fourth-order valence-electron chi connectivity index (χ4n) is 4.64. The van der Waals surface area contributed by atoms with Gasteiger partial charge in [-0.3, -0.25) is 0 Å². The van der Waals surface area contributed by atoms with Gasteiger partial charge in [0.2, 0.25) is 0 Å². The minimum atomic E-state index is -2.17. The molecule has 0 radical (unpaired) electrons. The minimum Gasteiger partial charge on any atom is -0.398 e. The first-order chi connectivity index (χ1) is 20.5. The molecular weight excluding hydrogens is 610 g/mol. The molecule has 16 heteroatoms. The van der Waals surface area contributed by atoms with E-state index in [0.717, 1.165) is 19.9 Å². The van der Waals surface area contributed by atoms with Crippen LogP contribution in [0.5, 0.6) is 0 Å². The second kappa shape index (κ2) is 10.6. The van der Waals surface area contributed by atoms with Crippen LogP contribution in [-0.2, 0) is 0 Å². The van der Waals surface area contributed by atoms with Crippen molar-refractivity contribution >= 4 is 28.3 Å². The number of nitrogen functional groups attached to an aromatic ring is 2. The zero-order valence-corrected chi connectivity index (χ0v) is 22.0. The average molecular weight is 624 g/mol. The van der Waals surface area contributed by atoms with Crippen molar-refractivity contribution in [3.63, 3.8) is 0 Å². The molecule has 0 atom stereocenters. The van der Waals surface area contributed by atoms with E-state index in [4.69, 9.17) is 28.2 Å². The average Bonchev–Trinajstić information content (AvgIpc) is 3.73. The molecule has 8 N–H and O–H groups in total. The number of hydrogen-bond donors (Lipinski definition) is 4. The summed E-state index contributed by atoms with van der Waals surface area (Å²) < 4.78 is 147. The molecule has 0 aliphatic heterocycles. The van der Waals surface area contributed by atoms with Gasteiger partial charge in [0.05, 0.1) is 22.5 Å². The predicted octanol–water partition coefficient (Wildman–Crippen LogP) is 5.76. The Kier molecular flexibility index (Phi) is 7.52. The monoisotopic (exact) mass is 624 g/mol. The third kappa shape index (κ3) is 4.17. The van der Waals surface area contributed by atoms with Gasteiger partial charge in [-0.05, 0) is 25.0 Å². The number of hydrogen-bond acceptors (Lipinski definition) is 6. The summed E-state index contributed by atoms with van der Waals surface area (Å²) in [5, 5.41) is 18.9. The minimum absolute atomic E-state index is 0.784. The maximum atomic E-state index is 15.1. The van der Waals surface area contributed by atoms with Crippen LogP contribution in [0.2, 0.25) is 0 Å². The van der Waals surface area contributed by atoms with Gasteiger partial charge >= 0.3 is 0 Å². The third-order valence-electron chi connectivity index (χ3n) is 6.93. The molecule has 226 valence electrons. The molecule has 0 bridgehead atoms. The van der Waals surface area contributed by atoms with Gasteiger partial charge in [-0.2, -0.15) is 10.5 Å². The van der Waals surface area contributed by atoms with Crippen LogP contribution in [0.4, 0.5) is 55.3 Å². The SMILES string of the molecule is Cc1c(F)c(N)c(F)c(F)c1C(C#N)=C1C(=C(N)c2c(C)c(F)c(C#N)c(F)c2F)C1=C(N)c1c(F)c(F)c(N)c(F)c1F. The summed E-state index contributed by atoms with van der Waals surface area (Å²) in [6.45, 7) is 1.69. The van der Waals surface area contributed by atoms with Crippen molar-refractivity contribution in [2.24, 2.45) is 11.5 Å². The molecule has 1 fully saturated rings. The number of nitrogens with zero attached hydrogens (tertiary/aromatic N) is 2. The lowest BCUT2D eigenvalue weighted by Gasteiger charge is -2.12. The van der Waals surface area contributed by atoms with E-state index in [1.807, 2.05) is 0 Å². The first kappa shape index (κ1) is 31.3. The lowest BCUT2D eigenvalue weighted by Crippen LogP contribution is -2.11. The van der Waals surface area contributed by atoms with E-state index in [1.165, 1.54) is 6.07 Å². The summed E-state index contributed by atoms with van der Waals surface area (Å²) in [4.78, 5) is 0. The summed E-state index contributed by atoms with van der Waals surface area (Å²) >= 11 is 0. The third-order valence-corrected chi connectivity index (χ3v) is 6.93. The topological polar surface area (TPSA) is 152 Å². The second-order valence-electron chi connectivity index (χ2n) is 9.27. The Morgan fingerprint density at radius 2 is 0.886 bits per heavy atom. The molecule has 0 heterocycles. The van der Waals surface area contributed by atoms with Crippen molar-refractivity contribution in [2.75, 3.05) is 11.5 Å². The number of benzene rings is 3. The van der Waals surface area contributed by atoms with Crippen LogP contribution < -0.4 is 22.9 Å². The van der Waals surface area contributed by atoms with Crippen LogP contribution >= 0.6 is 0 Å². The molecular formula is C28H14F10N6. The maximum absolute atomic E-state index is 15.1. The zero-order valence-electron chi connectivity index (χ0n) is 22.0. The van der Waals surface area contributed by atoms with E-state index in [1.54, 1.807) is 0 Å². The molecule has 0 amide bonds.